The van der Waals surface area contributed by atoms with E-state index in [1.165, 1.54) is 28.1 Å². The Morgan fingerprint density at radius 1 is 1.42 bits per heavy atom. The molecule has 0 bridgehead atoms. The van der Waals surface area contributed by atoms with Crippen molar-refractivity contribution in [3.8, 4) is 0 Å². The highest BCUT2D eigenvalue weighted by molar-refractivity contribution is 8.76. The Morgan fingerprint density at radius 2 is 2.11 bits per heavy atom. The molecule has 0 aliphatic rings. The van der Waals surface area contributed by atoms with Gasteiger partial charge in [0.25, 0.3) is 0 Å². The van der Waals surface area contributed by atoms with Crippen LogP contribution in [-0.4, -0.2) is 36.8 Å². The molecule has 0 unspecified atom stereocenters. The second-order valence-corrected chi connectivity index (χ2v) is 5.60. The number of pyridine rings is 1. The van der Waals surface area contributed by atoms with E-state index in [-0.39, 0.29) is 13.3 Å². The second kappa shape index (κ2) is 15.3. The summed E-state index contributed by atoms with van der Waals surface area (Å²) in [6, 6.07) is 5.73. The summed E-state index contributed by atoms with van der Waals surface area (Å²) < 4.78 is 0. The van der Waals surface area contributed by atoms with Crippen LogP contribution in [-0.2, 0) is 4.79 Å². The smallest absolute Gasteiger partial charge is 0.230 e. The van der Waals surface area contributed by atoms with Crippen LogP contribution in [0.4, 0.5) is 0 Å². The number of nitrogens with one attached hydrogen (secondary N) is 1. The molecule has 110 valence electrons. The summed E-state index contributed by atoms with van der Waals surface area (Å²) in [6.45, 7) is 5.92. The van der Waals surface area contributed by atoms with Crippen LogP contribution in [0.1, 0.15) is 21.3 Å². The molecule has 1 heterocycles. The Kier molecular flexibility index (Phi) is 16.6. The largest absolute Gasteiger partial charge is 0.356 e. The van der Waals surface area contributed by atoms with Gasteiger partial charge in [0.15, 0.2) is 0 Å². The number of carbonyl (C=O) groups is 1. The van der Waals surface area contributed by atoms with Crippen molar-refractivity contribution in [3.05, 3.63) is 24.4 Å². The van der Waals surface area contributed by atoms with Crippen molar-refractivity contribution in [2.24, 2.45) is 0 Å². The van der Waals surface area contributed by atoms with Gasteiger partial charge in [-0.2, -0.15) is 0 Å². The number of carbonyl (C=O) groups excluding carboxylic acids is 1. The quantitative estimate of drug-likeness (QED) is 0.787. The van der Waals surface area contributed by atoms with E-state index in [0.29, 0.717) is 12.3 Å². The van der Waals surface area contributed by atoms with Crippen molar-refractivity contribution in [1.82, 2.24) is 10.3 Å². The lowest BCUT2D eigenvalue weighted by atomic mass is 10.5. The summed E-state index contributed by atoms with van der Waals surface area (Å²) in [5.74, 6) is 0.538. The first-order chi connectivity index (χ1) is 8.74. The van der Waals surface area contributed by atoms with Crippen LogP contribution in [0.5, 0.6) is 0 Å². The van der Waals surface area contributed by atoms with E-state index in [1.807, 2.05) is 25.1 Å². The predicted octanol–water partition coefficient (Wildman–Crippen LogP) is 1.79. The lowest BCUT2D eigenvalue weighted by molar-refractivity contribution is -0.623. The standard InChI is InChI=1S/C9H12N2OS2.C3H9N.CH4/c1-2-10-8(12)7-13-14-9-5-3-4-6-11-9;1-3-4-2;/h3-6H,2,7H2,1H3,(H,10,12);4H,3H2,1-2H3;1H4/p+1. The second-order valence-electron chi connectivity index (χ2n) is 3.28. The van der Waals surface area contributed by atoms with E-state index in [2.05, 4.69) is 29.6 Å². The zero-order valence-corrected chi connectivity index (χ0v) is 12.8. The average molecular weight is 305 g/mol. The van der Waals surface area contributed by atoms with Crippen molar-refractivity contribution in [3.63, 3.8) is 0 Å². The van der Waals surface area contributed by atoms with E-state index in [4.69, 9.17) is 0 Å². The predicted molar refractivity (Wildman–Crippen MR) is 86.4 cm³/mol. The van der Waals surface area contributed by atoms with Gasteiger partial charge in [-0.25, -0.2) is 4.98 Å². The van der Waals surface area contributed by atoms with Gasteiger partial charge >= 0.3 is 0 Å². The third kappa shape index (κ3) is 13.5. The molecule has 0 saturated carbocycles. The summed E-state index contributed by atoms with van der Waals surface area (Å²) in [7, 11) is 5.07. The number of aromatic nitrogens is 1. The highest BCUT2D eigenvalue weighted by atomic mass is 33.1. The zero-order valence-electron chi connectivity index (χ0n) is 11.2. The molecule has 3 N–H and O–H groups in total. The van der Waals surface area contributed by atoms with Gasteiger partial charge in [-0.15, -0.1) is 0 Å². The molecule has 0 saturated heterocycles. The van der Waals surface area contributed by atoms with Crippen molar-refractivity contribution >= 4 is 27.5 Å². The molecule has 1 amide bonds. The molecule has 0 atom stereocenters. The highest BCUT2D eigenvalue weighted by Gasteiger charge is 2.00. The fourth-order valence-electron chi connectivity index (χ4n) is 0.788. The number of nitrogens with zero attached hydrogens (tertiary/aromatic N) is 1. The summed E-state index contributed by atoms with van der Waals surface area (Å²) >= 11 is 0. The summed E-state index contributed by atoms with van der Waals surface area (Å²) in [5.41, 5.74) is 0. The SMILES string of the molecule is C.CCNC(=O)CSSc1ccccn1.CC[NH2+]C. The molecular formula is C13H26N3OS2+. The fourth-order valence-corrected chi connectivity index (χ4v) is 2.57. The van der Waals surface area contributed by atoms with E-state index in [0.717, 1.165) is 5.03 Å². The molecular weight excluding hydrogens is 278 g/mol. The Balaban J connectivity index is 0. The maximum absolute atomic E-state index is 11.1. The molecule has 1 aromatic heterocycles. The molecule has 0 aromatic carbocycles. The maximum atomic E-state index is 11.1. The van der Waals surface area contributed by atoms with E-state index < -0.39 is 0 Å². The van der Waals surface area contributed by atoms with Crippen molar-refractivity contribution in [1.29, 1.82) is 0 Å². The third-order valence-electron chi connectivity index (χ3n) is 1.75. The first-order valence-electron chi connectivity index (χ1n) is 5.99. The van der Waals surface area contributed by atoms with Crippen LogP contribution >= 0.6 is 21.6 Å². The average Bonchev–Trinajstić information content (AvgIpc) is 2.40. The third-order valence-corrected chi connectivity index (χ3v) is 3.88. The number of nitrogens with two attached hydrogens (primary N) is 1. The van der Waals surface area contributed by atoms with Crippen LogP contribution in [0.3, 0.4) is 0 Å². The minimum Gasteiger partial charge on any atom is -0.356 e. The molecule has 0 aliphatic heterocycles. The Hall–Kier alpha value is -0.720. The molecule has 1 rings (SSSR count). The number of hydrogen-bond donors (Lipinski definition) is 2. The first kappa shape index (κ1) is 20.6. The molecule has 19 heavy (non-hydrogen) atoms. The van der Waals surface area contributed by atoms with Gasteiger partial charge in [0, 0.05) is 12.7 Å². The Labute approximate surface area is 124 Å². The number of amides is 1. The minimum absolute atomic E-state index is 0. The molecule has 1 aromatic rings. The lowest BCUT2D eigenvalue weighted by Gasteiger charge is -2.00. The van der Waals surface area contributed by atoms with Gasteiger partial charge in [0.2, 0.25) is 5.91 Å². The van der Waals surface area contributed by atoms with Crippen molar-refractivity contribution in [2.75, 3.05) is 25.9 Å². The number of rotatable bonds is 6. The van der Waals surface area contributed by atoms with Crippen LogP contribution in [0.25, 0.3) is 0 Å². The van der Waals surface area contributed by atoms with Crippen LogP contribution < -0.4 is 10.6 Å². The van der Waals surface area contributed by atoms with Crippen LogP contribution in [0, 0.1) is 0 Å². The van der Waals surface area contributed by atoms with E-state index >= 15 is 0 Å². The van der Waals surface area contributed by atoms with Crippen molar-refractivity contribution < 1.29 is 10.1 Å². The normalized spacial score (nSPS) is 8.79. The number of hydrogen-bond acceptors (Lipinski definition) is 4. The zero-order chi connectivity index (χ0) is 13.6. The molecule has 0 spiro atoms. The highest BCUT2D eigenvalue weighted by Crippen LogP contribution is 2.28. The monoisotopic (exact) mass is 304 g/mol. The van der Waals surface area contributed by atoms with Crippen LogP contribution in [0.2, 0.25) is 0 Å². The Bertz CT molecular complexity index is 308. The van der Waals surface area contributed by atoms with E-state index in [9.17, 15) is 4.79 Å². The lowest BCUT2D eigenvalue weighted by Crippen LogP contribution is -2.78. The molecule has 0 radical (unpaired) electrons. The summed E-state index contributed by atoms with van der Waals surface area (Å²) in [4.78, 5) is 15.2. The topological polar surface area (TPSA) is 58.6 Å². The number of quaternary nitrogens is 1. The van der Waals surface area contributed by atoms with Gasteiger partial charge in [-0.05, 0) is 36.8 Å². The van der Waals surface area contributed by atoms with E-state index in [1.54, 1.807) is 6.20 Å². The van der Waals surface area contributed by atoms with Gasteiger partial charge in [-0.3, -0.25) is 4.79 Å². The summed E-state index contributed by atoms with van der Waals surface area (Å²) in [6.07, 6.45) is 1.75. The van der Waals surface area contributed by atoms with Gasteiger partial charge in [-0.1, -0.05) is 24.3 Å². The van der Waals surface area contributed by atoms with Gasteiger partial charge < -0.3 is 10.6 Å². The molecule has 6 heteroatoms. The first-order valence-corrected chi connectivity index (χ1v) is 8.31. The molecule has 4 nitrogen and oxygen atoms in total. The summed E-state index contributed by atoms with van der Waals surface area (Å²) in [5, 5.41) is 5.80. The maximum Gasteiger partial charge on any atom is 0.230 e. The minimum atomic E-state index is 0. The van der Waals surface area contributed by atoms with Crippen LogP contribution in [0.15, 0.2) is 29.4 Å². The van der Waals surface area contributed by atoms with Gasteiger partial charge in [0.05, 0.1) is 19.3 Å². The molecule has 0 aliphatic carbocycles. The Morgan fingerprint density at radius 3 is 2.58 bits per heavy atom. The molecule has 0 fully saturated rings. The van der Waals surface area contributed by atoms with Gasteiger partial charge in [0.1, 0.15) is 5.03 Å². The fraction of sp³-hybridized carbons (Fsp3) is 0.538. The van der Waals surface area contributed by atoms with Crippen molar-refractivity contribution in [2.45, 2.75) is 26.3 Å².